The second-order valence-electron chi connectivity index (χ2n) is 7.01. The van der Waals surface area contributed by atoms with E-state index in [0.717, 1.165) is 5.69 Å². The molecule has 2 N–H and O–H groups in total. The summed E-state index contributed by atoms with van der Waals surface area (Å²) in [5.41, 5.74) is -1.92. The van der Waals surface area contributed by atoms with Crippen molar-refractivity contribution in [3.05, 3.63) is 69.4 Å². The molecule has 31 heavy (non-hydrogen) atoms. The summed E-state index contributed by atoms with van der Waals surface area (Å²) in [6.07, 6.45) is -4.77. The highest BCUT2D eigenvalue weighted by atomic mass is 19.4. The zero-order valence-corrected chi connectivity index (χ0v) is 16.7. The zero-order valence-electron chi connectivity index (χ0n) is 16.7. The van der Waals surface area contributed by atoms with Gasteiger partial charge in [0.15, 0.2) is 11.5 Å². The fourth-order valence-corrected chi connectivity index (χ4v) is 3.32. The van der Waals surface area contributed by atoms with Crippen LogP contribution in [-0.2, 0) is 13.2 Å². The van der Waals surface area contributed by atoms with Gasteiger partial charge in [-0.1, -0.05) is 30.3 Å². The third-order valence-electron chi connectivity index (χ3n) is 4.89. The Morgan fingerprint density at radius 3 is 2.42 bits per heavy atom. The number of amides is 1. The van der Waals surface area contributed by atoms with Gasteiger partial charge in [0.05, 0.1) is 11.3 Å². The number of hydrogen-bond acceptors (Lipinski definition) is 4. The Hall–Kier alpha value is -3.89. The summed E-state index contributed by atoms with van der Waals surface area (Å²) in [6, 6.07) is 9.41. The highest BCUT2D eigenvalue weighted by molar-refractivity contribution is 6.04. The number of alkyl halides is 3. The Morgan fingerprint density at radius 2 is 1.84 bits per heavy atom. The molecule has 0 aliphatic rings. The van der Waals surface area contributed by atoms with Gasteiger partial charge in [0, 0.05) is 18.8 Å². The Bertz CT molecular complexity index is 1350. The van der Waals surface area contributed by atoms with Crippen molar-refractivity contribution in [2.75, 3.05) is 5.32 Å². The number of rotatable bonds is 3. The van der Waals surface area contributed by atoms with E-state index in [1.807, 2.05) is 0 Å². The van der Waals surface area contributed by atoms with Crippen molar-refractivity contribution in [3.8, 4) is 11.1 Å². The number of carbonyl (C=O) groups is 1. The number of benzene rings is 1. The highest BCUT2D eigenvalue weighted by Crippen LogP contribution is 2.38. The first-order valence-corrected chi connectivity index (χ1v) is 9.18. The number of anilines is 1. The Morgan fingerprint density at radius 1 is 1.16 bits per heavy atom. The second kappa shape index (κ2) is 7.11. The molecule has 1 amide bonds. The quantitative estimate of drug-likeness (QED) is 0.521. The first-order valence-electron chi connectivity index (χ1n) is 9.18. The molecule has 0 saturated heterocycles. The molecule has 0 saturated carbocycles. The van der Waals surface area contributed by atoms with Crippen LogP contribution in [0.1, 0.15) is 27.4 Å². The largest absolute Gasteiger partial charge is 0.433 e. The van der Waals surface area contributed by atoms with Crippen LogP contribution < -0.4 is 10.9 Å². The van der Waals surface area contributed by atoms with Crippen molar-refractivity contribution in [1.29, 1.82) is 0 Å². The van der Waals surface area contributed by atoms with E-state index in [4.69, 9.17) is 0 Å². The predicted molar refractivity (Wildman–Crippen MR) is 107 cm³/mol. The van der Waals surface area contributed by atoms with Crippen LogP contribution in [0.15, 0.2) is 41.2 Å². The van der Waals surface area contributed by atoms with Crippen LogP contribution in [0.4, 0.5) is 19.0 Å². The van der Waals surface area contributed by atoms with Crippen LogP contribution in [0.3, 0.4) is 0 Å². The van der Waals surface area contributed by atoms with Gasteiger partial charge in [0.25, 0.3) is 11.5 Å². The molecule has 0 atom stereocenters. The Kier molecular flexibility index (Phi) is 4.68. The average Bonchev–Trinajstić information content (AvgIpc) is 3.22. The van der Waals surface area contributed by atoms with Crippen LogP contribution >= 0.6 is 0 Å². The van der Waals surface area contributed by atoms with E-state index in [1.165, 1.54) is 23.7 Å². The molecule has 0 unspecified atom stereocenters. The number of nitrogens with zero attached hydrogens (tertiary/aromatic N) is 4. The molecule has 0 spiro atoms. The summed E-state index contributed by atoms with van der Waals surface area (Å²) in [4.78, 5) is 29.9. The zero-order chi connectivity index (χ0) is 22.5. The number of aryl methyl sites for hydroxylation is 3. The van der Waals surface area contributed by atoms with E-state index in [1.54, 1.807) is 38.2 Å². The number of hydrogen-bond donors (Lipinski definition) is 2. The highest BCUT2D eigenvalue weighted by Gasteiger charge is 2.38. The van der Waals surface area contributed by atoms with E-state index in [2.05, 4.69) is 20.5 Å². The number of carbonyl (C=O) groups excluding carboxylic acids is 1. The van der Waals surface area contributed by atoms with Gasteiger partial charge >= 0.3 is 6.18 Å². The molecule has 160 valence electrons. The molecule has 1 aromatic carbocycles. The van der Waals surface area contributed by atoms with Gasteiger partial charge in [0.2, 0.25) is 0 Å². The maximum Gasteiger partial charge on any atom is 0.433 e. The number of aromatic nitrogens is 5. The van der Waals surface area contributed by atoms with Crippen molar-refractivity contribution in [1.82, 2.24) is 24.4 Å². The maximum atomic E-state index is 13.7. The lowest BCUT2D eigenvalue weighted by molar-refractivity contribution is -0.140. The fraction of sp³-hybridized carbons (Fsp3) is 0.200. The minimum absolute atomic E-state index is 0.0000543. The lowest BCUT2D eigenvalue weighted by Crippen LogP contribution is -2.29. The molecule has 4 aromatic rings. The molecular weight excluding hydrogens is 413 g/mol. The van der Waals surface area contributed by atoms with Crippen molar-refractivity contribution < 1.29 is 18.0 Å². The van der Waals surface area contributed by atoms with Crippen LogP contribution in [0, 0.1) is 13.8 Å². The van der Waals surface area contributed by atoms with Gasteiger partial charge in [0.1, 0.15) is 11.3 Å². The van der Waals surface area contributed by atoms with Gasteiger partial charge in [-0.2, -0.15) is 22.8 Å². The standard InChI is InChI=1S/C20H17F3N6O2/c1-10-9-13(26-28(10)3)25-18(30)14-11(2)24-17-15(12-7-5-4-6-8-12)16(20(21,22)23)27-29(17)19(14)31/h4-9,27H,1-3H3,(H,25,26,30). The molecule has 0 aliphatic carbocycles. The third-order valence-corrected chi connectivity index (χ3v) is 4.89. The van der Waals surface area contributed by atoms with Crippen molar-refractivity contribution in [3.63, 3.8) is 0 Å². The summed E-state index contributed by atoms with van der Waals surface area (Å²) < 4.78 is 43.4. The van der Waals surface area contributed by atoms with Crippen LogP contribution in [-0.4, -0.2) is 30.3 Å². The minimum atomic E-state index is -4.77. The lowest BCUT2D eigenvalue weighted by Gasteiger charge is -2.07. The molecule has 8 nitrogen and oxygen atoms in total. The van der Waals surface area contributed by atoms with Crippen LogP contribution in [0.5, 0.6) is 0 Å². The Labute approximate surface area is 173 Å². The first kappa shape index (κ1) is 20.4. The van der Waals surface area contributed by atoms with Gasteiger partial charge in [-0.25, -0.2) is 4.98 Å². The number of nitrogens with one attached hydrogen (secondary N) is 2. The number of aromatic amines is 1. The molecule has 4 rings (SSSR count). The van der Waals surface area contributed by atoms with Gasteiger partial charge < -0.3 is 5.32 Å². The summed E-state index contributed by atoms with van der Waals surface area (Å²) in [7, 11) is 1.68. The van der Waals surface area contributed by atoms with Gasteiger partial charge in [-0.15, -0.1) is 0 Å². The molecule has 3 heterocycles. The molecule has 0 radical (unpaired) electrons. The van der Waals surface area contributed by atoms with Gasteiger partial charge in [-0.05, 0) is 19.4 Å². The third kappa shape index (κ3) is 3.47. The van der Waals surface area contributed by atoms with Crippen molar-refractivity contribution in [2.24, 2.45) is 7.05 Å². The molecule has 0 bridgehead atoms. The van der Waals surface area contributed by atoms with E-state index >= 15 is 0 Å². The minimum Gasteiger partial charge on any atom is -0.305 e. The van der Waals surface area contributed by atoms with E-state index in [0.29, 0.717) is 4.52 Å². The summed E-state index contributed by atoms with van der Waals surface area (Å²) in [5.74, 6) is -0.603. The van der Waals surface area contributed by atoms with E-state index < -0.39 is 23.3 Å². The molecule has 0 fully saturated rings. The number of fused-ring (bicyclic) bond motifs is 1. The number of H-pyrrole nitrogens is 1. The lowest BCUT2D eigenvalue weighted by atomic mass is 10.1. The smallest absolute Gasteiger partial charge is 0.305 e. The first-order chi connectivity index (χ1) is 14.6. The Balaban J connectivity index is 1.91. The van der Waals surface area contributed by atoms with Crippen molar-refractivity contribution in [2.45, 2.75) is 20.0 Å². The molecular formula is C20H17F3N6O2. The van der Waals surface area contributed by atoms with Crippen LogP contribution in [0.25, 0.3) is 16.8 Å². The topological polar surface area (TPSA) is 97.1 Å². The average molecular weight is 430 g/mol. The van der Waals surface area contributed by atoms with E-state index in [9.17, 15) is 22.8 Å². The number of halogens is 3. The molecule has 0 aliphatic heterocycles. The fourth-order valence-electron chi connectivity index (χ4n) is 3.32. The van der Waals surface area contributed by atoms with Crippen molar-refractivity contribution >= 4 is 17.4 Å². The van der Waals surface area contributed by atoms with E-state index in [-0.39, 0.29) is 33.8 Å². The second-order valence-corrected chi connectivity index (χ2v) is 7.01. The normalized spacial score (nSPS) is 11.8. The van der Waals surface area contributed by atoms with Crippen LogP contribution in [0.2, 0.25) is 0 Å². The predicted octanol–water partition coefficient (Wildman–Crippen LogP) is 3.31. The maximum absolute atomic E-state index is 13.7. The summed E-state index contributed by atoms with van der Waals surface area (Å²) in [5, 5.41) is 8.66. The van der Waals surface area contributed by atoms with Gasteiger partial charge in [-0.3, -0.25) is 19.4 Å². The molecule has 3 aromatic heterocycles. The SMILES string of the molecule is Cc1nc2c(-c3ccccc3)c(C(F)(F)F)[nH]n2c(=O)c1C(=O)Nc1cc(C)n(C)n1. The summed E-state index contributed by atoms with van der Waals surface area (Å²) >= 11 is 0. The monoisotopic (exact) mass is 430 g/mol. The summed E-state index contributed by atoms with van der Waals surface area (Å²) in [6.45, 7) is 3.17. The molecule has 11 heteroatoms.